The van der Waals surface area contributed by atoms with Crippen LogP contribution in [-0.4, -0.2) is 16.8 Å². The van der Waals surface area contributed by atoms with Gasteiger partial charge in [0.15, 0.2) is 0 Å². The molecule has 2 aromatic rings. The second kappa shape index (κ2) is 3.55. The molecule has 0 aliphatic heterocycles. The first-order valence-electron chi connectivity index (χ1n) is 4.14. The highest BCUT2D eigenvalue weighted by Crippen LogP contribution is 2.15. The van der Waals surface area contributed by atoms with Crippen molar-refractivity contribution in [1.82, 2.24) is 10.2 Å². The predicted octanol–water partition coefficient (Wildman–Crippen LogP) is 0.996. The molecule has 13 heavy (non-hydrogen) atoms. The molecule has 0 aliphatic rings. The summed E-state index contributed by atoms with van der Waals surface area (Å²) < 4.78 is 0. The molecule has 68 valence electrons. The van der Waals surface area contributed by atoms with E-state index in [1.807, 2.05) is 24.4 Å². The summed E-state index contributed by atoms with van der Waals surface area (Å²) in [6.07, 6.45) is 2.61. The summed E-state index contributed by atoms with van der Waals surface area (Å²) in [5.74, 6) is 4.97. The Bertz CT molecular complexity index is 396. The average molecular weight is 177 g/mol. The van der Waals surface area contributed by atoms with Crippen molar-refractivity contribution in [3.05, 3.63) is 30.0 Å². The van der Waals surface area contributed by atoms with Crippen molar-refractivity contribution in [2.75, 3.05) is 6.61 Å². The van der Waals surface area contributed by atoms with Crippen molar-refractivity contribution in [3.63, 3.8) is 0 Å². The molecule has 0 unspecified atom stereocenters. The van der Waals surface area contributed by atoms with Gasteiger partial charge in [0.2, 0.25) is 0 Å². The Morgan fingerprint density at radius 3 is 3.23 bits per heavy atom. The van der Waals surface area contributed by atoms with Crippen LogP contribution in [0.5, 0.6) is 0 Å². The largest absolute Gasteiger partial charge is 0.304 e. The maximum atomic E-state index is 4.97. The molecular formula is C9H11N3O. The van der Waals surface area contributed by atoms with Crippen LogP contribution < -0.4 is 5.90 Å². The summed E-state index contributed by atoms with van der Waals surface area (Å²) in [6.45, 7) is 0.526. The molecule has 0 spiro atoms. The zero-order chi connectivity index (χ0) is 9.10. The maximum absolute atomic E-state index is 4.97. The molecule has 0 saturated carbocycles. The Labute approximate surface area is 75.6 Å². The molecule has 1 aromatic carbocycles. The Morgan fingerprint density at radius 1 is 1.46 bits per heavy atom. The summed E-state index contributed by atoms with van der Waals surface area (Å²) in [6, 6.07) is 6.06. The van der Waals surface area contributed by atoms with E-state index in [1.165, 1.54) is 5.56 Å². The van der Waals surface area contributed by atoms with Gasteiger partial charge in [-0.15, -0.1) is 0 Å². The van der Waals surface area contributed by atoms with Crippen LogP contribution in [0.3, 0.4) is 0 Å². The molecule has 1 aromatic heterocycles. The Morgan fingerprint density at radius 2 is 2.38 bits per heavy atom. The van der Waals surface area contributed by atoms with E-state index in [9.17, 15) is 0 Å². The number of hydrogen-bond acceptors (Lipinski definition) is 3. The molecule has 4 nitrogen and oxygen atoms in total. The summed E-state index contributed by atoms with van der Waals surface area (Å²) in [5, 5.41) is 8.04. The highest BCUT2D eigenvalue weighted by Gasteiger charge is 2.01. The lowest BCUT2D eigenvalue weighted by molar-refractivity contribution is 0.141. The number of H-pyrrole nitrogens is 1. The molecular weight excluding hydrogens is 166 g/mol. The van der Waals surface area contributed by atoms with Crippen LogP contribution in [0, 0.1) is 0 Å². The first kappa shape index (κ1) is 8.22. The van der Waals surface area contributed by atoms with Gasteiger partial charge >= 0.3 is 0 Å². The number of rotatable bonds is 3. The van der Waals surface area contributed by atoms with Crippen LogP contribution in [0.25, 0.3) is 10.9 Å². The van der Waals surface area contributed by atoms with Gasteiger partial charge < -0.3 is 4.84 Å². The standard InChI is InChI=1S/C9H11N3O/c10-13-5-4-7-2-1-3-8-6-11-12-9(7)8/h1-3,6H,4-5,10H2,(H,11,12). The third-order valence-electron chi connectivity index (χ3n) is 2.05. The molecule has 0 aliphatic carbocycles. The Kier molecular flexibility index (Phi) is 2.25. The van der Waals surface area contributed by atoms with Gasteiger partial charge in [0, 0.05) is 5.39 Å². The average Bonchev–Trinajstić information content (AvgIpc) is 2.62. The number of benzene rings is 1. The highest BCUT2D eigenvalue weighted by atomic mass is 16.6. The number of nitrogens with one attached hydrogen (secondary N) is 1. The molecule has 4 heteroatoms. The van der Waals surface area contributed by atoms with E-state index in [-0.39, 0.29) is 0 Å². The summed E-state index contributed by atoms with van der Waals surface area (Å²) in [7, 11) is 0. The molecule has 0 fully saturated rings. The van der Waals surface area contributed by atoms with Gasteiger partial charge in [-0.25, -0.2) is 5.90 Å². The predicted molar refractivity (Wildman–Crippen MR) is 49.9 cm³/mol. The van der Waals surface area contributed by atoms with Crippen LogP contribution in [-0.2, 0) is 11.3 Å². The highest BCUT2D eigenvalue weighted by molar-refractivity contribution is 5.81. The van der Waals surface area contributed by atoms with Gasteiger partial charge in [-0.2, -0.15) is 5.10 Å². The molecule has 0 bridgehead atoms. The molecule has 3 N–H and O–H groups in total. The fourth-order valence-corrected chi connectivity index (χ4v) is 1.41. The number of fused-ring (bicyclic) bond motifs is 1. The lowest BCUT2D eigenvalue weighted by atomic mass is 10.1. The topological polar surface area (TPSA) is 63.9 Å². The normalized spacial score (nSPS) is 10.8. The van der Waals surface area contributed by atoms with Gasteiger partial charge in [0.1, 0.15) is 0 Å². The quantitative estimate of drug-likeness (QED) is 0.687. The minimum absolute atomic E-state index is 0.526. The zero-order valence-corrected chi connectivity index (χ0v) is 7.16. The van der Waals surface area contributed by atoms with Crippen molar-refractivity contribution in [2.45, 2.75) is 6.42 Å². The van der Waals surface area contributed by atoms with E-state index in [1.54, 1.807) is 0 Å². The number of nitrogens with zero attached hydrogens (tertiary/aromatic N) is 1. The van der Waals surface area contributed by atoms with E-state index in [2.05, 4.69) is 15.0 Å². The van der Waals surface area contributed by atoms with Gasteiger partial charge in [-0.3, -0.25) is 5.10 Å². The van der Waals surface area contributed by atoms with Gasteiger partial charge in [-0.1, -0.05) is 18.2 Å². The number of hydrogen-bond donors (Lipinski definition) is 2. The smallest absolute Gasteiger partial charge is 0.0720 e. The number of aromatic nitrogens is 2. The van der Waals surface area contributed by atoms with Crippen molar-refractivity contribution in [1.29, 1.82) is 0 Å². The second-order valence-corrected chi connectivity index (χ2v) is 2.87. The van der Waals surface area contributed by atoms with Crippen molar-refractivity contribution < 1.29 is 4.84 Å². The van der Waals surface area contributed by atoms with Crippen LogP contribution in [0.4, 0.5) is 0 Å². The number of para-hydroxylation sites is 1. The van der Waals surface area contributed by atoms with E-state index in [0.717, 1.165) is 17.3 Å². The SMILES string of the molecule is NOCCc1cccc2cn[nH]c12. The molecule has 0 saturated heterocycles. The number of nitrogens with two attached hydrogens (primary N) is 1. The first-order chi connectivity index (χ1) is 6.42. The fraction of sp³-hybridized carbons (Fsp3) is 0.222. The molecule has 1 heterocycles. The lowest BCUT2D eigenvalue weighted by Crippen LogP contribution is -2.03. The minimum atomic E-state index is 0.526. The Balaban J connectivity index is 2.37. The van der Waals surface area contributed by atoms with E-state index < -0.39 is 0 Å². The van der Waals surface area contributed by atoms with Crippen molar-refractivity contribution in [2.24, 2.45) is 5.90 Å². The zero-order valence-electron chi connectivity index (χ0n) is 7.16. The second-order valence-electron chi connectivity index (χ2n) is 2.87. The minimum Gasteiger partial charge on any atom is -0.304 e. The molecule has 0 atom stereocenters. The van der Waals surface area contributed by atoms with Crippen LogP contribution in [0.2, 0.25) is 0 Å². The fourth-order valence-electron chi connectivity index (χ4n) is 1.41. The van der Waals surface area contributed by atoms with Crippen molar-refractivity contribution >= 4 is 10.9 Å². The Hall–Kier alpha value is -1.39. The van der Waals surface area contributed by atoms with Crippen LogP contribution >= 0.6 is 0 Å². The molecule has 2 rings (SSSR count). The lowest BCUT2D eigenvalue weighted by Gasteiger charge is -2.00. The monoisotopic (exact) mass is 177 g/mol. The van der Waals surface area contributed by atoms with Crippen LogP contribution in [0.1, 0.15) is 5.56 Å². The third kappa shape index (κ3) is 1.54. The summed E-state index contributed by atoms with van der Waals surface area (Å²) in [5.41, 5.74) is 2.25. The van der Waals surface area contributed by atoms with Crippen LogP contribution in [0.15, 0.2) is 24.4 Å². The molecule has 0 amide bonds. The molecule has 0 radical (unpaired) electrons. The van der Waals surface area contributed by atoms with E-state index in [4.69, 9.17) is 5.90 Å². The van der Waals surface area contributed by atoms with Gasteiger partial charge in [0.25, 0.3) is 0 Å². The first-order valence-corrected chi connectivity index (χ1v) is 4.14. The van der Waals surface area contributed by atoms with Crippen molar-refractivity contribution in [3.8, 4) is 0 Å². The van der Waals surface area contributed by atoms with E-state index in [0.29, 0.717) is 6.61 Å². The van der Waals surface area contributed by atoms with Gasteiger partial charge in [-0.05, 0) is 12.0 Å². The summed E-state index contributed by atoms with van der Waals surface area (Å²) >= 11 is 0. The maximum Gasteiger partial charge on any atom is 0.0720 e. The third-order valence-corrected chi connectivity index (χ3v) is 2.05. The summed E-state index contributed by atoms with van der Waals surface area (Å²) in [4.78, 5) is 4.54. The van der Waals surface area contributed by atoms with Gasteiger partial charge in [0.05, 0.1) is 18.3 Å². The number of aromatic amines is 1. The van der Waals surface area contributed by atoms with E-state index >= 15 is 0 Å².